The van der Waals surface area contributed by atoms with Gasteiger partial charge < -0.3 is 5.11 Å². The van der Waals surface area contributed by atoms with Crippen LogP contribution in [0.25, 0.3) is 0 Å². The fraction of sp³-hybridized carbons (Fsp3) is 0.714. The second kappa shape index (κ2) is 9.10. The minimum atomic E-state index is -1.36. The van der Waals surface area contributed by atoms with Crippen molar-refractivity contribution in [3.8, 4) is 0 Å². The molecule has 0 aliphatic carbocycles. The largest absolute Gasteiger partial charge is 0.476 e. The van der Waals surface area contributed by atoms with Crippen LogP contribution in [0.4, 0.5) is 5.69 Å². The number of rotatable bonds is 11. The van der Waals surface area contributed by atoms with E-state index < -0.39 is 22.3 Å². The van der Waals surface area contributed by atoms with Crippen LogP contribution in [0.5, 0.6) is 0 Å². The summed E-state index contributed by atoms with van der Waals surface area (Å²) in [5, 5.41) is 23.4. The molecule has 1 heterocycles. The van der Waals surface area contributed by atoms with Gasteiger partial charge in [-0.15, -0.1) is 0 Å². The average Bonchev–Trinajstić information content (AvgIpc) is 2.86. The molecule has 0 bridgehead atoms. The van der Waals surface area contributed by atoms with E-state index in [-0.39, 0.29) is 0 Å². The van der Waals surface area contributed by atoms with Crippen LogP contribution in [0.2, 0.25) is 0 Å². The van der Waals surface area contributed by atoms with Crippen molar-refractivity contribution in [2.45, 2.75) is 64.8 Å². The van der Waals surface area contributed by atoms with Crippen LogP contribution >= 0.6 is 0 Å². The van der Waals surface area contributed by atoms with Gasteiger partial charge in [-0.05, 0) is 6.42 Å². The molecule has 0 aromatic carbocycles. The fourth-order valence-corrected chi connectivity index (χ4v) is 2.22. The molecule has 0 unspecified atom stereocenters. The Morgan fingerprint density at radius 3 is 2.29 bits per heavy atom. The first-order valence-electron chi connectivity index (χ1n) is 7.51. The molecule has 0 atom stereocenters. The van der Waals surface area contributed by atoms with E-state index in [1.54, 1.807) is 0 Å². The van der Waals surface area contributed by atoms with Crippen molar-refractivity contribution in [2.75, 3.05) is 0 Å². The highest BCUT2D eigenvalue weighted by molar-refractivity contribution is 5.89. The molecule has 1 rings (SSSR count). The maximum Gasteiger partial charge on any atom is 0.363 e. The van der Waals surface area contributed by atoms with Crippen molar-refractivity contribution in [1.29, 1.82) is 0 Å². The molecule has 1 aromatic heterocycles. The summed E-state index contributed by atoms with van der Waals surface area (Å²) in [5.41, 5.74) is -0.929. The van der Waals surface area contributed by atoms with Crippen LogP contribution < -0.4 is 0 Å². The molecule has 1 N–H and O–H groups in total. The molecule has 0 amide bonds. The zero-order valence-electron chi connectivity index (χ0n) is 12.5. The maximum absolute atomic E-state index is 10.9. The second-order valence-corrected chi connectivity index (χ2v) is 5.16. The molecule has 0 fully saturated rings. The highest BCUT2D eigenvalue weighted by Crippen LogP contribution is 2.17. The maximum atomic E-state index is 10.9. The van der Waals surface area contributed by atoms with Gasteiger partial charge in [0.1, 0.15) is 6.20 Å². The standard InChI is InChI=1S/C14H23N3O4/c1-2-3-4-5-6-7-8-9-10-16-11-12(17(20)21)13(15-16)14(18)19/h11H,2-10H2,1H3,(H,18,19). The van der Waals surface area contributed by atoms with Gasteiger partial charge in [-0.3, -0.25) is 14.8 Å². The Hall–Kier alpha value is -1.92. The summed E-state index contributed by atoms with van der Waals surface area (Å²) in [4.78, 5) is 20.9. The van der Waals surface area contributed by atoms with E-state index in [1.807, 2.05) is 0 Å². The van der Waals surface area contributed by atoms with Gasteiger partial charge in [0.25, 0.3) is 0 Å². The summed E-state index contributed by atoms with van der Waals surface area (Å²) < 4.78 is 1.36. The number of aromatic nitrogens is 2. The number of aromatic carboxylic acids is 1. The number of aryl methyl sites for hydroxylation is 1. The van der Waals surface area contributed by atoms with Gasteiger partial charge in [0.2, 0.25) is 5.69 Å². The first-order chi connectivity index (χ1) is 10.1. The van der Waals surface area contributed by atoms with Crippen molar-refractivity contribution >= 4 is 11.7 Å². The lowest BCUT2D eigenvalue weighted by Gasteiger charge is -2.02. The lowest BCUT2D eigenvalue weighted by molar-refractivity contribution is -0.385. The molecule has 7 heteroatoms. The van der Waals surface area contributed by atoms with Crippen LogP contribution in [0.3, 0.4) is 0 Å². The Morgan fingerprint density at radius 2 is 1.81 bits per heavy atom. The van der Waals surface area contributed by atoms with Crippen LogP contribution in [0.1, 0.15) is 68.8 Å². The third-order valence-electron chi connectivity index (χ3n) is 3.38. The zero-order chi connectivity index (χ0) is 15.7. The molecule has 1 aromatic rings. The molecular weight excluding hydrogens is 274 g/mol. The summed E-state index contributed by atoms with van der Waals surface area (Å²) in [6, 6.07) is 0. The third kappa shape index (κ3) is 5.93. The van der Waals surface area contributed by atoms with E-state index >= 15 is 0 Å². The van der Waals surface area contributed by atoms with E-state index in [0.29, 0.717) is 6.54 Å². The zero-order valence-corrected chi connectivity index (χ0v) is 12.5. The first-order valence-corrected chi connectivity index (χ1v) is 7.51. The minimum Gasteiger partial charge on any atom is -0.476 e. The van der Waals surface area contributed by atoms with Crippen LogP contribution in [0, 0.1) is 10.1 Å². The van der Waals surface area contributed by atoms with E-state index in [2.05, 4.69) is 12.0 Å². The first kappa shape index (κ1) is 17.1. The normalized spacial score (nSPS) is 10.7. The van der Waals surface area contributed by atoms with Crippen LogP contribution in [-0.2, 0) is 6.54 Å². The third-order valence-corrected chi connectivity index (χ3v) is 3.38. The van der Waals surface area contributed by atoms with Crippen molar-refractivity contribution in [3.05, 3.63) is 22.0 Å². The fourth-order valence-electron chi connectivity index (χ4n) is 2.22. The van der Waals surface area contributed by atoms with Crippen LogP contribution in [0.15, 0.2) is 6.20 Å². The summed E-state index contributed by atoms with van der Waals surface area (Å²) in [6.45, 7) is 2.71. The summed E-state index contributed by atoms with van der Waals surface area (Å²) in [5.74, 6) is -1.36. The number of nitro groups is 1. The van der Waals surface area contributed by atoms with Gasteiger partial charge in [0.15, 0.2) is 0 Å². The molecule has 0 aliphatic rings. The molecule has 0 radical (unpaired) electrons. The Morgan fingerprint density at radius 1 is 1.24 bits per heavy atom. The van der Waals surface area contributed by atoms with E-state index in [9.17, 15) is 14.9 Å². The number of hydrogen-bond donors (Lipinski definition) is 1. The number of carboxylic acids is 1. The molecule has 21 heavy (non-hydrogen) atoms. The lowest BCUT2D eigenvalue weighted by Crippen LogP contribution is -2.04. The quantitative estimate of drug-likeness (QED) is 0.382. The Balaban J connectivity index is 2.31. The summed E-state index contributed by atoms with van der Waals surface area (Å²) in [6.07, 6.45) is 10.5. The monoisotopic (exact) mass is 297 g/mol. The number of hydrogen-bond acceptors (Lipinski definition) is 4. The van der Waals surface area contributed by atoms with Gasteiger partial charge in [-0.25, -0.2) is 4.79 Å². The average molecular weight is 297 g/mol. The number of carbonyl (C=O) groups is 1. The van der Waals surface area contributed by atoms with E-state index in [4.69, 9.17) is 5.11 Å². The van der Waals surface area contributed by atoms with Gasteiger partial charge >= 0.3 is 11.7 Å². The lowest BCUT2D eigenvalue weighted by atomic mass is 10.1. The molecule has 118 valence electrons. The second-order valence-electron chi connectivity index (χ2n) is 5.16. The predicted molar refractivity (Wildman–Crippen MR) is 78.5 cm³/mol. The summed E-state index contributed by atoms with van der Waals surface area (Å²) in [7, 11) is 0. The minimum absolute atomic E-state index is 0.443. The summed E-state index contributed by atoms with van der Waals surface area (Å²) >= 11 is 0. The SMILES string of the molecule is CCCCCCCCCCn1cc([N+](=O)[O-])c(C(=O)O)n1. The van der Waals surface area contributed by atoms with E-state index in [0.717, 1.165) is 19.3 Å². The Kier molecular flexibility index (Phi) is 7.42. The molecule has 0 spiro atoms. The topological polar surface area (TPSA) is 98.3 Å². The highest BCUT2D eigenvalue weighted by atomic mass is 16.6. The number of nitrogens with zero attached hydrogens (tertiary/aromatic N) is 3. The molecular formula is C14H23N3O4. The number of unbranched alkanes of at least 4 members (excludes halogenated alkanes) is 7. The highest BCUT2D eigenvalue weighted by Gasteiger charge is 2.24. The van der Waals surface area contributed by atoms with Gasteiger partial charge in [0, 0.05) is 6.54 Å². The Labute approximate surface area is 124 Å². The smallest absolute Gasteiger partial charge is 0.363 e. The molecule has 0 aliphatic heterocycles. The molecule has 7 nitrogen and oxygen atoms in total. The van der Waals surface area contributed by atoms with E-state index in [1.165, 1.54) is 43.0 Å². The molecule has 0 saturated heterocycles. The molecule has 0 saturated carbocycles. The van der Waals surface area contributed by atoms with Crippen molar-refractivity contribution in [3.63, 3.8) is 0 Å². The van der Waals surface area contributed by atoms with Crippen molar-refractivity contribution in [1.82, 2.24) is 9.78 Å². The van der Waals surface area contributed by atoms with Gasteiger partial charge in [0.05, 0.1) is 4.92 Å². The van der Waals surface area contributed by atoms with Crippen LogP contribution in [-0.4, -0.2) is 25.8 Å². The predicted octanol–water partition coefficient (Wildman–Crippen LogP) is 3.63. The van der Waals surface area contributed by atoms with Crippen molar-refractivity contribution < 1.29 is 14.8 Å². The van der Waals surface area contributed by atoms with Gasteiger partial charge in [-0.1, -0.05) is 51.9 Å². The van der Waals surface area contributed by atoms with Gasteiger partial charge in [-0.2, -0.15) is 5.10 Å². The Bertz CT molecular complexity index is 439. The van der Waals surface area contributed by atoms with Crippen molar-refractivity contribution in [2.24, 2.45) is 0 Å². The number of carboxylic acid groups (broad SMARTS) is 1.